The molecular formula is C8H6BrN3. The highest BCUT2D eigenvalue weighted by Crippen LogP contribution is 2.22. The lowest BCUT2D eigenvalue weighted by Crippen LogP contribution is -1.85. The first-order chi connectivity index (χ1) is 5.88. The van der Waals surface area contributed by atoms with Crippen LogP contribution in [0, 0.1) is 0 Å². The van der Waals surface area contributed by atoms with Crippen molar-refractivity contribution in [1.29, 1.82) is 0 Å². The molecule has 2 aromatic heterocycles. The molecule has 0 unspecified atom stereocenters. The van der Waals surface area contributed by atoms with Crippen molar-refractivity contribution in [2.45, 2.75) is 0 Å². The molecule has 0 aromatic carbocycles. The molecule has 3 nitrogen and oxygen atoms in total. The summed E-state index contributed by atoms with van der Waals surface area (Å²) >= 11 is 3.37. The van der Waals surface area contributed by atoms with Gasteiger partial charge in [0.05, 0.1) is 10.2 Å². The van der Waals surface area contributed by atoms with E-state index in [2.05, 4.69) is 30.9 Å². The number of hydrogen-bond donors (Lipinski definition) is 1. The number of hydrogen-bond acceptors (Lipinski definition) is 2. The lowest BCUT2D eigenvalue weighted by atomic mass is 10.3. The van der Waals surface area contributed by atoms with E-state index in [0.717, 1.165) is 15.9 Å². The predicted octanol–water partition coefficient (Wildman–Crippen LogP) is 2.23. The second-order valence-corrected chi connectivity index (χ2v) is 3.16. The Balaban J connectivity index is 2.55. The summed E-state index contributed by atoms with van der Waals surface area (Å²) in [6, 6.07) is 3.90. The Bertz CT molecular complexity index is 370. The van der Waals surface area contributed by atoms with Gasteiger partial charge in [0, 0.05) is 12.4 Å². The highest BCUT2D eigenvalue weighted by molar-refractivity contribution is 9.10. The van der Waals surface area contributed by atoms with Crippen LogP contribution in [0.4, 0.5) is 0 Å². The number of aromatic amines is 1. The largest absolute Gasteiger partial charge is 0.360 e. The van der Waals surface area contributed by atoms with Crippen LogP contribution in [0.1, 0.15) is 0 Å². The van der Waals surface area contributed by atoms with Gasteiger partial charge in [-0.15, -0.1) is 0 Å². The van der Waals surface area contributed by atoms with Gasteiger partial charge in [0.1, 0.15) is 12.0 Å². The molecule has 1 N–H and O–H groups in total. The van der Waals surface area contributed by atoms with E-state index in [1.165, 1.54) is 6.33 Å². The molecule has 12 heavy (non-hydrogen) atoms. The zero-order chi connectivity index (χ0) is 8.39. The minimum Gasteiger partial charge on any atom is -0.360 e. The normalized spacial score (nSPS) is 10.1. The van der Waals surface area contributed by atoms with E-state index in [-0.39, 0.29) is 0 Å². The quantitative estimate of drug-likeness (QED) is 0.806. The third kappa shape index (κ3) is 1.25. The summed E-state index contributed by atoms with van der Waals surface area (Å²) in [4.78, 5) is 11.1. The summed E-state index contributed by atoms with van der Waals surface area (Å²) in [5.41, 5.74) is 1.87. The van der Waals surface area contributed by atoms with E-state index in [9.17, 15) is 0 Å². The third-order valence-electron chi connectivity index (χ3n) is 1.52. The first-order valence-electron chi connectivity index (χ1n) is 3.47. The second kappa shape index (κ2) is 3.06. The molecular weight excluding hydrogens is 218 g/mol. The fourth-order valence-electron chi connectivity index (χ4n) is 0.988. The average molecular weight is 224 g/mol. The minimum absolute atomic E-state index is 0.884. The summed E-state index contributed by atoms with van der Waals surface area (Å²) in [7, 11) is 0. The van der Waals surface area contributed by atoms with Crippen LogP contribution in [0.25, 0.3) is 11.4 Å². The highest BCUT2D eigenvalue weighted by atomic mass is 79.9. The number of nitrogens with one attached hydrogen (secondary N) is 1. The standard InChI is InChI=1S/C8H6BrN3/c9-6-4-10-5-12-8(6)7-2-1-3-11-7/h1-5,11H. The Morgan fingerprint density at radius 1 is 1.42 bits per heavy atom. The van der Waals surface area contributed by atoms with Crippen molar-refractivity contribution in [3.05, 3.63) is 35.3 Å². The molecule has 0 amide bonds. The van der Waals surface area contributed by atoms with Crippen molar-refractivity contribution in [2.75, 3.05) is 0 Å². The zero-order valence-corrected chi connectivity index (χ0v) is 7.75. The first kappa shape index (κ1) is 7.49. The van der Waals surface area contributed by atoms with E-state index in [4.69, 9.17) is 0 Å². The van der Waals surface area contributed by atoms with E-state index >= 15 is 0 Å². The molecule has 2 rings (SSSR count). The van der Waals surface area contributed by atoms with Crippen molar-refractivity contribution >= 4 is 15.9 Å². The molecule has 0 spiro atoms. The molecule has 0 radical (unpaired) electrons. The van der Waals surface area contributed by atoms with Crippen molar-refractivity contribution in [3.63, 3.8) is 0 Å². The summed E-state index contributed by atoms with van der Waals surface area (Å²) < 4.78 is 0.896. The molecule has 0 aliphatic carbocycles. The SMILES string of the molecule is Brc1cncnc1-c1ccc[nH]1. The minimum atomic E-state index is 0.884. The van der Waals surface area contributed by atoms with Crippen LogP contribution >= 0.6 is 15.9 Å². The third-order valence-corrected chi connectivity index (χ3v) is 2.10. The van der Waals surface area contributed by atoms with Gasteiger partial charge in [-0.2, -0.15) is 0 Å². The fraction of sp³-hybridized carbons (Fsp3) is 0. The van der Waals surface area contributed by atoms with Crippen molar-refractivity contribution in [1.82, 2.24) is 15.0 Å². The zero-order valence-electron chi connectivity index (χ0n) is 6.16. The maximum atomic E-state index is 4.13. The monoisotopic (exact) mass is 223 g/mol. The molecule has 2 heterocycles. The summed E-state index contributed by atoms with van der Waals surface area (Å²) in [5, 5.41) is 0. The van der Waals surface area contributed by atoms with Crippen LogP contribution in [-0.2, 0) is 0 Å². The Hall–Kier alpha value is -1.16. The van der Waals surface area contributed by atoms with E-state index in [1.807, 2.05) is 18.3 Å². The van der Waals surface area contributed by atoms with Crippen molar-refractivity contribution in [3.8, 4) is 11.4 Å². The van der Waals surface area contributed by atoms with Crippen LogP contribution in [0.3, 0.4) is 0 Å². The lowest BCUT2D eigenvalue weighted by Gasteiger charge is -1.97. The van der Waals surface area contributed by atoms with Gasteiger partial charge in [0.15, 0.2) is 0 Å². The maximum absolute atomic E-state index is 4.13. The van der Waals surface area contributed by atoms with Gasteiger partial charge in [0.25, 0.3) is 0 Å². The second-order valence-electron chi connectivity index (χ2n) is 2.30. The lowest BCUT2D eigenvalue weighted by molar-refractivity contribution is 1.14. The molecule has 0 saturated carbocycles. The smallest absolute Gasteiger partial charge is 0.116 e. The molecule has 0 atom stereocenters. The van der Waals surface area contributed by atoms with Gasteiger partial charge < -0.3 is 4.98 Å². The Morgan fingerprint density at radius 3 is 3.00 bits per heavy atom. The molecule has 0 bridgehead atoms. The highest BCUT2D eigenvalue weighted by Gasteiger charge is 2.03. The number of aromatic nitrogens is 3. The number of H-pyrrole nitrogens is 1. The van der Waals surface area contributed by atoms with Crippen LogP contribution < -0.4 is 0 Å². The summed E-state index contributed by atoms with van der Waals surface area (Å²) in [5.74, 6) is 0. The average Bonchev–Trinajstić information content (AvgIpc) is 2.57. The van der Waals surface area contributed by atoms with E-state index < -0.39 is 0 Å². The van der Waals surface area contributed by atoms with E-state index in [1.54, 1.807) is 6.20 Å². The topological polar surface area (TPSA) is 41.6 Å². The van der Waals surface area contributed by atoms with Gasteiger partial charge in [-0.05, 0) is 28.1 Å². The van der Waals surface area contributed by atoms with Gasteiger partial charge in [0.2, 0.25) is 0 Å². The van der Waals surface area contributed by atoms with Crippen molar-refractivity contribution in [2.24, 2.45) is 0 Å². The van der Waals surface area contributed by atoms with Crippen LogP contribution in [0.5, 0.6) is 0 Å². The van der Waals surface area contributed by atoms with Gasteiger partial charge in [-0.1, -0.05) is 0 Å². The first-order valence-corrected chi connectivity index (χ1v) is 4.26. The summed E-state index contributed by atoms with van der Waals surface area (Å²) in [6.07, 6.45) is 5.12. The molecule has 0 aliphatic rings. The molecule has 0 fully saturated rings. The van der Waals surface area contributed by atoms with Gasteiger partial charge in [-0.3, -0.25) is 0 Å². The van der Waals surface area contributed by atoms with Gasteiger partial charge in [-0.25, -0.2) is 9.97 Å². The fourth-order valence-corrected chi connectivity index (χ4v) is 1.42. The van der Waals surface area contributed by atoms with Crippen LogP contribution in [0.15, 0.2) is 35.3 Å². The maximum Gasteiger partial charge on any atom is 0.116 e. The molecule has 60 valence electrons. The molecule has 0 saturated heterocycles. The van der Waals surface area contributed by atoms with Crippen LogP contribution in [-0.4, -0.2) is 15.0 Å². The number of nitrogens with zero attached hydrogens (tertiary/aromatic N) is 2. The molecule has 4 heteroatoms. The molecule has 0 aliphatic heterocycles. The Morgan fingerprint density at radius 2 is 2.33 bits per heavy atom. The Kier molecular flexibility index (Phi) is 1.91. The summed E-state index contributed by atoms with van der Waals surface area (Å²) in [6.45, 7) is 0. The number of rotatable bonds is 1. The molecule has 2 aromatic rings. The van der Waals surface area contributed by atoms with Crippen molar-refractivity contribution < 1.29 is 0 Å². The van der Waals surface area contributed by atoms with Gasteiger partial charge >= 0.3 is 0 Å². The van der Waals surface area contributed by atoms with Crippen LogP contribution in [0.2, 0.25) is 0 Å². The predicted molar refractivity (Wildman–Crippen MR) is 49.5 cm³/mol. The van der Waals surface area contributed by atoms with E-state index in [0.29, 0.717) is 0 Å². The Labute approximate surface area is 78.0 Å². The number of halogens is 1.